The zero-order valence-corrected chi connectivity index (χ0v) is 10.2. The number of rotatable bonds is 4. The number of thiophene rings is 1. The van der Waals surface area contributed by atoms with Crippen LogP contribution in [0.15, 0.2) is 36.4 Å². The molecule has 4 heteroatoms. The van der Waals surface area contributed by atoms with Gasteiger partial charge in [0.2, 0.25) is 0 Å². The molecule has 2 aromatic rings. The summed E-state index contributed by atoms with van der Waals surface area (Å²) in [7, 11) is 1.63. The fraction of sp³-hybridized carbons (Fsp3) is 0.154. The summed E-state index contributed by atoms with van der Waals surface area (Å²) in [5.41, 5.74) is 1.08. The molecule has 0 saturated heterocycles. The van der Waals surface area contributed by atoms with E-state index in [-0.39, 0.29) is 6.42 Å². The van der Waals surface area contributed by atoms with Gasteiger partial charge in [-0.25, -0.2) is 0 Å². The van der Waals surface area contributed by atoms with Crippen molar-refractivity contribution in [3.8, 4) is 16.2 Å². The number of carbonyl (C=O) groups is 1. The average molecular weight is 248 g/mol. The van der Waals surface area contributed by atoms with E-state index in [4.69, 9.17) is 9.84 Å². The van der Waals surface area contributed by atoms with Crippen molar-refractivity contribution in [2.45, 2.75) is 6.42 Å². The normalized spacial score (nSPS) is 10.2. The van der Waals surface area contributed by atoms with E-state index < -0.39 is 5.97 Å². The van der Waals surface area contributed by atoms with Gasteiger partial charge in [-0.05, 0) is 42.0 Å². The van der Waals surface area contributed by atoms with Crippen LogP contribution < -0.4 is 4.74 Å². The highest BCUT2D eigenvalue weighted by Crippen LogP contribution is 2.29. The van der Waals surface area contributed by atoms with Gasteiger partial charge in [0.25, 0.3) is 0 Å². The molecule has 0 spiro atoms. The maximum atomic E-state index is 10.6. The summed E-state index contributed by atoms with van der Waals surface area (Å²) in [6.45, 7) is 0. The quantitative estimate of drug-likeness (QED) is 0.904. The summed E-state index contributed by atoms with van der Waals surface area (Å²) in [5, 5.41) is 8.71. The first-order chi connectivity index (χ1) is 8.19. The number of carboxylic acid groups (broad SMARTS) is 1. The van der Waals surface area contributed by atoms with Gasteiger partial charge in [0.1, 0.15) is 5.75 Å². The fourth-order valence-electron chi connectivity index (χ4n) is 1.53. The summed E-state index contributed by atoms with van der Waals surface area (Å²) in [5.74, 6) is 0.0178. The van der Waals surface area contributed by atoms with Crippen molar-refractivity contribution in [1.82, 2.24) is 0 Å². The van der Waals surface area contributed by atoms with Crippen LogP contribution in [0.3, 0.4) is 0 Å². The smallest absolute Gasteiger partial charge is 0.308 e. The van der Waals surface area contributed by atoms with E-state index in [0.29, 0.717) is 0 Å². The van der Waals surface area contributed by atoms with Crippen LogP contribution in [0.2, 0.25) is 0 Å². The van der Waals surface area contributed by atoms with Gasteiger partial charge < -0.3 is 9.84 Å². The number of benzene rings is 1. The number of ether oxygens (including phenoxy) is 1. The van der Waals surface area contributed by atoms with Crippen LogP contribution in [0.1, 0.15) is 4.88 Å². The van der Waals surface area contributed by atoms with Crippen LogP contribution in [-0.2, 0) is 11.2 Å². The van der Waals surface area contributed by atoms with Crippen molar-refractivity contribution in [3.63, 3.8) is 0 Å². The molecule has 1 aromatic heterocycles. The van der Waals surface area contributed by atoms with E-state index in [1.54, 1.807) is 7.11 Å². The van der Waals surface area contributed by atoms with Crippen LogP contribution in [0.4, 0.5) is 0 Å². The van der Waals surface area contributed by atoms with E-state index in [2.05, 4.69) is 0 Å². The van der Waals surface area contributed by atoms with Gasteiger partial charge in [-0.3, -0.25) is 4.79 Å². The number of carboxylic acids is 1. The Labute approximate surface area is 103 Å². The first-order valence-electron chi connectivity index (χ1n) is 5.14. The Hall–Kier alpha value is -1.81. The van der Waals surface area contributed by atoms with Gasteiger partial charge in [0, 0.05) is 9.75 Å². The zero-order valence-electron chi connectivity index (χ0n) is 9.34. The van der Waals surface area contributed by atoms with Crippen LogP contribution >= 0.6 is 11.3 Å². The van der Waals surface area contributed by atoms with Crippen LogP contribution in [0.5, 0.6) is 5.75 Å². The van der Waals surface area contributed by atoms with Crippen LogP contribution in [0, 0.1) is 0 Å². The molecule has 0 unspecified atom stereocenters. The van der Waals surface area contributed by atoms with Crippen molar-refractivity contribution in [1.29, 1.82) is 0 Å². The van der Waals surface area contributed by atoms with E-state index in [9.17, 15) is 4.79 Å². The van der Waals surface area contributed by atoms with Crippen LogP contribution in [0.25, 0.3) is 10.4 Å². The van der Waals surface area contributed by atoms with Crippen molar-refractivity contribution in [2.75, 3.05) is 7.11 Å². The third kappa shape index (κ3) is 2.85. The predicted molar refractivity (Wildman–Crippen MR) is 67.6 cm³/mol. The van der Waals surface area contributed by atoms with Crippen molar-refractivity contribution < 1.29 is 14.6 Å². The molecule has 0 aliphatic heterocycles. The second kappa shape index (κ2) is 5.01. The van der Waals surface area contributed by atoms with E-state index >= 15 is 0 Å². The highest BCUT2D eigenvalue weighted by Gasteiger charge is 2.06. The Morgan fingerprint density at radius 3 is 2.53 bits per heavy atom. The molecule has 0 radical (unpaired) electrons. The minimum atomic E-state index is -0.798. The molecular weight excluding hydrogens is 236 g/mol. The third-order valence-electron chi connectivity index (χ3n) is 2.36. The number of aliphatic carboxylic acids is 1. The van der Waals surface area contributed by atoms with Gasteiger partial charge in [-0.15, -0.1) is 11.3 Å². The summed E-state index contributed by atoms with van der Waals surface area (Å²) >= 11 is 1.51. The maximum Gasteiger partial charge on any atom is 0.308 e. The summed E-state index contributed by atoms with van der Waals surface area (Å²) in [4.78, 5) is 12.5. The van der Waals surface area contributed by atoms with E-state index in [1.165, 1.54) is 11.3 Å². The van der Waals surface area contributed by atoms with Gasteiger partial charge in [-0.2, -0.15) is 0 Å². The molecule has 88 valence electrons. The SMILES string of the molecule is COc1ccc(-c2ccc(CC(=O)O)s2)cc1. The topological polar surface area (TPSA) is 46.5 Å². The summed E-state index contributed by atoms with van der Waals surface area (Å²) in [6, 6.07) is 11.5. The largest absolute Gasteiger partial charge is 0.497 e. The van der Waals surface area contributed by atoms with E-state index in [0.717, 1.165) is 21.1 Å². The highest BCUT2D eigenvalue weighted by atomic mass is 32.1. The van der Waals surface area contributed by atoms with Gasteiger partial charge in [-0.1, -0.05) is 0 Å². The molecule has 17 heavy (non-hydrogen) atoms. The molecule has 0 amide bonds. The average Bonchev–Trinajstić information content (AvgIpc) is 2.77. The minimum absolute atomic E-state index is 0.0841. The number of hydrogen-bond acceptors (Lipinski definition) is 3. The lowest BCUT2D eigenvalue weighted by Gasteiger charge is -2.00. The Bertz CT molecular complexity index is 514. The van der Waals surface area contributed by atoms with Crippen LogP contribution in [-0.4, -0.2) is 18.2 Å². The second-order valence-corrected chi connectivity index (χ2v) is 4.73. The number of hydrogen-bond donors (Lipinski definition) is 1. The highest BCUT2D eigenvalue weighted by molar-refractivity contribution is 7.15. The monoisotopic (exact) mass is 248 g/mol. The lowest BCUT2D eigenvalue weighted by Crippen LogP contribution is -1.96. The maximum absolute atomic E-state index is 10.6. The Balaban J connectivity index is 2.21. The first-order valence-corrected chi connectivity index (χ1v) is 5.95. The zero-order chi connectivity index (χ0) is 12.3. The molecule has 1 N–H and O–H groups in total. The Morgan fingerprint density at radius 2 is 1.94 bits per heavy atom. The predicted octanol–water partition coefficient (Wildman–Crippen LogP) is 3.05. The standard InChI is InChI=1S/C13H12O3S/c1-16-10-4-2-9(3-5-10)12-7-6-11(17-12)8-13(14)15/h2-7H,8H2,1H3,(H,14,15). The van der Waals surface area contributed by atoms with E-state index in [1.807, 2.05) is 36.4 Å². The molecule has 0 aliphatic carbocycles. The fourth-order valence-corrected chi connectivity index (χ4v) is 2.54. The molecule has 0 aliphatic rings. The Kier molecular flexibility index (Phi) is 3.44. The molecule has 0 bridgehead atoms. The van der Waals surface area contributed by atoms with Crippen molar-refractivity contribution in [2.24, 2.45) is 0 Å². The summed E-state index contributed by atoms with van der Waals surface area (Å²) in [6.07, 6.45) is 0.0841. The molecule has 1 heterocycles. The van der Waals surface area contributed by atoms with Crippen molar-refractivity contribution >= 4 is 17.3 Å². The van der Waals surface area contributed by atoms with Gasteiger partial charge in [0.15, 0.2) is 0 Å². The van der Waals surface area contributed by atoms with Gasteiger partial charge in [0.05, 0.1) is 13.5 Å². The van der Waals surface area contributed by atoms with Gasteiger partial charge >= 0.3 is 5.97 Å². The molecule has 3 nitrogen and oxygen atoms in total. The molecular formula is C13H12O3S. The molecule has 2 rings (SSSR count). The summed E-state index contributed by atoms with van der Waals surface area (Å²) < 4.78 is 5.09. The third-order valence-corrected chi connectivity index (χ3v) is 3.50. The Morgan fingerprint density at radius 1 is 1.24 bits per heavy atom. The lowest BCUT2D eigenvalue weighted by molar-refractivity contribution is -0.136. The molecule has 0 saturated carbocycles. The van der Waals surface area contributed by atoms with Crippen molar-refractivity contribution in [3.05, 3.63) is 41.3 Å². The molecule has 0 fully saturated rings. The lowest BCUT2D eigenvalue weighted by atomic mass is 10.2. The second-order valence-electron chi connectivity index (χ2n) is 3.56. The molecule has 0 atom stereocenters. The molecule has 1 aromatic carbocycles. The minimum Gasteiger partial charge on any atom is -0.497 e. The number of methoxy groups -OCH3 is 1. The first kappa shape index (κ1) is 11.7.